The zero-order valence-electron chi connectivity index (χ0n) is 12.2. The maximum absolute atomic E-state index is 12.8. The van der Waals surface area contributed by atoms with E-state index in [0.717, 1.165) is 4.90 Å². The number of nitrogens with one attached hydrogen (secondary N) is 1. The van der Waals surface area contributed by atoms with Gasteiger partial charge in [-0.15, -0.1) is 11.8 Å². The Balaban J connectivity index is 1.73. The van der Waals surface area contributed by atoms with E-state index < -0.39 is 5.60 Å². The summed E-state index contributed by atoms with van der Waals surface area (Å²) in [5.74, 6) is 0.388. The van der Waals surface area contributed by atoms with Crippen LogP contribution in [0.2, 0.25) is 0 Å². The molecule has 0 aliphatic heterocycles. The highest BCUT2D eigenvalue weighted by molar-refractivity contribution is 8.00. The number of halogens is 1. The van der Waals surface area contributed by atoms with E-state index in [1.165, 1.54) is 23.9 Å². The molecule has 0 radical (unpaired) electrons. The molecule has 2 N–H and O–H groups in total. The number of carbonyl (C=O) groups is 1. The van der Waals surface area contributed by atoms with Crippen LogP contribution in [0.5, 0.6) is 0 Å². The Morgan fingerprint density at radius 2 is 2.09 bits per heavy atom. The lowest BCUT2D eigenvalue weighted by atomic mass is 10.0. The standard InChI is InChI=1S/C16H18FNO3S/c1-16(20,9-13-3-2-8-21-13)11-18-15(19)10-22-14-6-4-12(17)5-7-14/h2-8,20H,9-11H2,1H3,(H,18,19). The fourth-order valence-corrected chi connectivity index (χ4v) is 2.60. The van der Waals surface area contributed by atoms with E-state index in [9.17, 15) is 14.3 Å². The third-order valence-electron chi connectivity index (χ3n) is 2.99. The first-order valence-corrected chi connectivity index (χ1v) is 7.83. The van der Waals surface area contributed by atoms with Gasteiger partial charge in [-0.2, -0.15) is 0 Å². The van der Waals surface area contributed by atoms with Gasteiger partial charge in [-0.05, 0) is 43.3 Å². The number of aliphatic hydroxyl groups is 1. The lowest BCUT2D eigenvalue weighted by Gasteiger charge is -2.22. The van der Waals surface area contributed by atoms with E-state index in [0.29, 0.717) is 12.2 Å². The van der Waals surface area contributed by atoms with Crippen molar-refractivity contribution >= 4 is 17.7 Å². The normalized spacial score (nSPS) is 13.6. The number of furan rings is 1. The molecule has 0 saturated heterocycles. The molecule has 0 aliphatic rings. The second-order valence-electron chi connectivity index (χ2n) is 5.27. The summed E-state index contributed by atoms with van der Waals surface area (Å²) in [6, 6.07) is 9.49. The first-order valence-electron chi connectivity index (χ1n) is 6.84. The molecule has 0 bridgehead atoms. The maximum Gasteiger partial charge on any atom is 0.230 e. The molecule has 0 saturated carbocycles. The summed E-state index contributed by atoms with van der Waals surface area (Å²) < 4.78 is 18.0. The Morgan fingerprint density at radius 3 is 2.73 bits per heavy atom. The lowest BCUT2D eigenvalue weighted by Crippen LogP contribution is -2.42. The van der Waals surface area contributed by atoms with E-state index in [1.807, 2.05) is 0 Å². The molecule has 2 rings (SSSR count). The highest BCUT2D eigenvalue weighted by atomic mass is 32.2. The van der Waals surface area contributed by atoms with Gasteiger partial charge in [0.1, 0.15) is 11.6 Å². The molecule has 118 valence electrons. The Kier molecular flexibility index (Phi) is 5.63. The Morgan fingerprint density at radius 1 is 1.36 bits per heavy atom. The van der Waals surface area contributed by atoms with E-state index in [2.05, 4.69) is 5.32 Å². The van der Waals surface area contributed by atoms with Crippen LogP contribution >= 0.6 is 11.8 Å². The third-order valence-corrected chi connectivity index (χ3v) is 4.00. The van der Waals surface area contributed by atoms with Crippen LogP contribution in [0.3, 0.4) is 0 Å². The fraction of sp³-hybridized carbons (Fsp3) is 0.312. The zero-order chi connectivity index (χ0) is 16.0. The number of rotatable bonds is 7. The fourth-order valence-electron chi connectivity index (χ4n) is 1.87. The van der Waals surface area contributed by atoms with E-state index >= 15 is 0 Å². The van der Waals surface area contributed by atoms with Crippen molar-refractivity contribution in [3.8, 4) is 0 Å². The van der Waals surface area contributed by atoms with Crippen LogP contribution in [0, 0.1) is 5.82 Å². The van der Waals surface area contributed by atoms with Gasteiger partial charge < -0.3 is 14.8 Å². The number of benzene rings is 1. The highest BCUT2D eigenvalue weighted by Crippen LogP contribution is 2.18. The lowest BCUT2D eigenvalue weighted by molar-refractivity contribution is -0.119. The van der Waals surface area contributed by atoms with E-state index in [1.54, 1.807) is 37.5 Å². The second-order valence-corrected chi connectivity index (χ2v) is 6.32. The quantitative estimate of drug-likeness (QED) is 0.769. The van der Waals surface area contributed by atoms with Gasteiger partial charge in [0.2, 0.25) is 5.91 Å². The van der Waals surface area contributed by atoms with Gasteiger partial charge in [0.15, 0.2) is 0 Å². The largest absolute Gasteiger partial charge is 0.469 e. The Bertz CT molecular complexity index is 596. The number of hydrogen-bond acceptors (Lipinski definition) is 4. The molecule has 6 heteroatoms. The zero-order valence-corrected chi connectivity index (χ0v) is 13.0. The van der Waals surface area contributed by atoms with Crippen LogP contribution in [0.1, 0.15) is 12.7 Å². The van der Waals surface area contributed by atoms with Crippen molar-refractivity contribution in [2.24, 2.45) is 0 Å². The van der Waals surface area contributed by atoms with Crippen molar-refractivity contribution in [3.63, 3.8) is 0 Å². The summed E-state index contributed by atoms with van der Waals surface area (Å²) in [6.07, 6.45) is 1.87. The molecule has 1 aromatic carbocycles. The van der Waals surface area contributed by atoms with Gasteiger partial charge in [0, 0.05) is 17.9 Å². The highest BCUT2D eigenvalue weighted by Gasteiger charge is 2.23. The summed E-state index contributed by atoms with van der Waals surface area (Å²) in [4.78, 5) is 12.6. The van der Waals surface area contributed by atoms with Crippen molar-refractivity contribution < 1.29 is 18.7 Å². The molecule has 1 aromatic heterocycles. The van der Waals surface area contributed by atoms with Crippen molar-refractivity contribution in [1.82, 2.24) is 5.32 Å². The molecule has 0 spiro atoms. The average molecular weight is 323 g/mol. The second kappa shape index (κ2) is 7.47. The van der Waals surface area contributed by atoms with Crippen molar-refractivity contribution in [1.29, 1.82) is 0 Å². The summed E-state index contributed by atoms with van der Waals surface area (Å²) in [5.41, 5.74) is -1.08. The molecule has 0 aliphatic carbocycles. The van der Waals surface area contributed by atoms with Crippen LogP contribution in [0.15, 0.2) is 52.0 Å². The van der Waals surface area contributed by atoms with Gasteiger partial charge in [-0.1, -0.05) is 0 Å². The predicted octanol–water partition coefficient (Wildman–Crippen LogP) is 2.62. The Labute approximate surface area is 132 Å². The van der Waals surface area contributed by atoms with Crippen LogP contribution in [-0.4, -0.2) is 28.9 Å². The monoisotopic (exact) mass is 323 g/mol. The average Bonchev–Trinajstić information content (AvgIpc) is 2.97. The van der Waals surface area contributed by atoms with Crippen LogP contribution < -0.4 is 5.32 Å². The molecule has 4 nitrogen and oxygen atoms in total. The smallest absolute Gasteiger partial charge is 0.230 e. The van der Waals surface area contributed by atoms with Gasteiger partial charge >= 0.3 is 0 Å². The molecular formula is C16H18FNO3S. The molecular weight excluding hydrogens is 305 g/mol. The minimum absolute atomic E-state index is 0.135. The van der Waals surface area contributed by atoms with Crippen LogP contribution in [0.4, 0.5) is 4.39 Å². The van der Waals surface area contributed by atoms with Gasteiger partial charge in [-0.3, -0.25) is 4.79 Å². The summed E-state index contributed by atoms with van der Waals surface area (Å²) >= 11 is 1.31. The van der Waals surface area contributed by atoms with Crippen molar-refractivity contribution in [3.05, 3.63) is 54.2 Å². The molecule has 1 heterocycles. The van der Waals surface area contributed by atoms with Gasteiger partial charge in [-0.25, -0.2) is 4.39 Å². The van der Waals surface area contributed by atoms with Crippen LogP contribution in [-0.2, 0) is 11.2 Å². The van der Waals surface area contributed by atoms with Gasteiger partial charge in [0.05, 0.1) is 17.6 Å². The first-order chi connectivity index (χ1) is 10.4. The van der Waals surface area contributed by atoms with Crippen LogP contribution in [0.25, 0.3) is 0 Å². The summed E-state index contributed by atoms with van der Waals surface area (Å²) in [7, 11) is 0. The molecule has 22 heavy (non-hydrogen) atoms. The Hall–Kier alpha value is -1.79. The third kappa shape index (κ3) is 5.54. The minimum Gasteiger partial charge on any atom is -0.469 e. The topological polar surface area (TPSA) is 62.5 Å². The predicted molar refractivity (Wildman–Crippen MR) is 83.2 cm³/mol. The number of hydrogen-bond donors (Lipinski definition) is 2. The molecule has 2 aromatic rings. The number of amides is 1. The first kappa shape index (κ1) is 16.6. The maximum atomic E-state index is 12.8. The molecule has 1 unspecified atom stereocenters. The van der Waals surface area contributed by atoms with Crippen molar-refractivity contribution in [2.75, 3.05) is 12.3 Å². The number of thioether (sulfide) groups is 1. The van der Waals surface area contributed by atoms with E-state index in [-0.39, 0.29) is 24.0 Å². The number of carbonyl (C=O) groups excluding carboxylic acids is 1. The summed E-state index contributed by atoms with van der Waals surface area (Å²) in [5, 5.41) is 12.9. The van der Waals surface area contributed by atoms with Crippen molar-refractivity contribution in [2.45, 2.75) is 23.8 Å². The van der Waals surface area contributed by atoms with E-state index in [4.69, 9.17) is 4.42 Å². The molecule has 1 atom stereocenters. The minimum atomic E-state index is -1.08. The summed E-state index contributed by atoms with van der Waals surface area (Å²) in [6.45, 7) is 1.78. The molecule has 0 fully saturated rings. The van der Waals surface area contributed by atoms with Gasteiger partial charge in [0.25, 0.3) is 0 Å². The SMILES string of the molecule is CC(O)(CNC(=O)CSc1ccc(F)cc1)Cc1ccco1. The molecule has 1 amide bonds.